The van der Waals surface area contributed by atoms with E-state index in [1.807, 2.05) is 41.1 Å². The molecule has 0 unspecified atom stereocenters. The van der Waals surface area contributed by atoms with E-state index in [2.05, 4.69) is 52.4 Å². The number of amides is 1. The number of piperazine rings is 1. The van der Waals surface area contributed by atoms with Crippen LogP contribution in [0.3, 0.4) is 0 Å². The third-order valence-electron chi connectivity index (χ3n) is 5.18. The van der Waals surface area contributed by atoms with Gasteiger partial charge in [-0.25, -0.2) is 4.98 Å². The second-order valence-electron chi connectivity index (χ2n) is 7.31. The second-order valence-corrected chi connectivity index (χ2v) is 8.32. The molecule has 150 valence electrons. The number of rotatable bonds is 6. The van der Waals surface area contributed by atoms with Gasteiger partial charge < -0.3 is 9.80 Å². The molecule has 0 aliphatic carbocycles. The number of hydrogen-bond acceptors (Lipinski definition) is 5. The minimum Gasteiger partial charge on any atom is -0.342 e. The Morgan fingerprint density at radius 2 is 1.79 bits per heavy atom. The first-order valence-electron chi connectivity index (χ1n) is 9.97. The number of carbonyl (C=O) groups excluding carboxylic acids is 1. The first-order valence-corrected chi connectivity index (χ1v) is 10.8. The highest BCUT2D eigenvalue weighted by atomic mass is 32.1. The number of benzene rings is 2. The molecule has 29 heavy (non-hydrogen) atoms. The first-order chi connectivity index (χ1) is 14.2. The zero-order valence-electron chi connectivity index (χ0n) is 16.7. The highest BCUT2D eigenvalue weighted by Crippen LogP contribution is 2.27. The number of fused-ring (bicyclic) bond motifs is 1. The quantitative estimate of drug-likeness (QED) is 0.627. The standard InChI is InChI=1S/C23H26N4OS/c1-25(23-24-20-11-5-6-12-21(20)29-23)18-22(28)27-16-14-26(15-17-27)13-7-10-19-8-3-2-4-9-19/h2-12H,13-18H2,1H3/b10-7+. The van der Waals surface area contributed by atoms with Gasteiger partial charge in [0.25, 0.3) is 0 Å². The molecule has 6 heteroatoms. The minimum absolute atomic E-state index is 0.172. The second kappa shape index (κ2) is 9.20. The van der Waals surface area contributed by atoms with Crippen LogP contribution in [0.4, 0.5) is 5.13 Å². The van der Waals surface area contributed by atoms with Crippen molar-refractivity contribution in [3.63, 3.8) is 0 Å². The summed E-state index contributed by atoms with van der Waals surface area (Å²) in [6.45, 7) is 4.68. The van der Waals surface area contributed by atoms with Crippen LogP contribution in [0.5, 0.6) is 0 Å². The maximum atomic E-state index is 12.7. The summed E-state index contributed by atoms with van der Waals surface area (Å²) in [7, 11) is 1.94. The van der Waals surface area contributed by atoms with Gasteiger partial charge in [0.2, 0.25) is 5.91 Å². The lowest BCUT2D eigenvalue weighted by Crippen LogP contribution is -2.50. The van der Waals surface area contributed by atoms with Crippen LogP contribution in [-0.4, -0.2) is 67.0 Å². The van der Waals surface area contributed by atoms with E-state index in [1.165, 1.54) is 5.56 Å². The molecule has 2 aromatic carbocycles. The molecule has 1 fully saturated rings. The fraction of sp³-hybridized carbons (Fsp3) is 0.304. The van der Waals surface area contributed by atoms with E-state index in [9.17, 15) is 4.79 Å². The van der Waals surface area contributed by atoms with Crippen LogP contribution in [0.1, 0.15) is 5.56 Å². The molecule has 0 spiro atoms. The van der Waals surface area contributed by atoms with Gasteiger partial charge >= 0.3 is 0 Å². The minimum atomic E-state index is 0.172. The highest BCUT2D eigenvalue weighted by Gasteiger charge is 2.22. The number of para-hydroxylation sites is 1. The summed E-state index contributed by atoms with van der Waals surface area (Å²) in [5, 5.41) is 0.893. The molecule has 1 amide bonds. The predicted molar refractivity (Wildman–Crippen MR) is 121 cm³/mol. The van der Waals surface area contributed by atoms with Crippen molar-refractivity contribution in [3.8, 4) is 0 Å². The SMILES string of the molecule is CN(CC(=O)N1CCN(C/C=C/c2ccccc2)CC1)c1nc2ccccc2s1. The van der Waals surface area contributed by atoms with Gasteiger partial charge in [0.15, 0.2) is 5.13 Å². The van der Waals surface area contributed by atoms with E-state index >= 15 is 0 Å². The number of anilines is 1. The molecule has 5 nitrogen and oxygen atoms in total. The molecule has 3 aromatic rings. The molecule has 1 saturated heterocycles. The summed E-state index contributed by atoms with van der Waals surface area (Å²) in [6, 6.07) is 18.4. The molecule has 4 rings (SSSR count). The van der Waals surface area contributed by atoms with Gasteiger partial charge in [-0.15, -0.1) is 0 Å². The first kappa shape index (κ1) is 19.6. The fourth-order valence-corrected chi connectivity index (χ4v) is 4.40. The number of carbonyl (C=O) groups is 1. The van der Waals surface area contributed by atoms with Crippen molar-refractivity contribution in [1.82, 2.24) is 14.8 Å². The summed E-state index contributed by atoms with van der Waals surface area (Å²) >= 11 is 1.63. The Hall–Kier alpha value is -2.70. The van der Waals surface area contributed by atoms with Crippen LogP contribution in [0.15, 0.2) is 60.7 Å². The molecule has 0 saturated carbocycles. The van der Waals surface area contributed by atoms with Gasteiger partial charge in [-0.2, -0.15) is 0 Å². The lowest BCUT2D eigenvalue weighted by molar-refractivity contribution is -0.131. The zero-order chi connectivity index (χ0) is 20.1. The Balaban J connectivity index is 1.25. The summed E-state index contributed by atoms with van der Waals surface area (Å²) in [5.41, 5.74) is 2.21. The number of likely N-dealkylation sites (N-methyl/N-ethyl adjacent to an activating group) is 1. The smallest absolute Gasteiger partial charge is 0.242 e. The van der Waals surface area contributed by atoms with Crippen LogP contribution in [-0.2, 0) is 4.79 Å². The van der Waals surface area contributed by atoms with Crippen molar-refractivity contribution in [2.24, 2.45) is 0 Å². The average Bonchev–Trinajstić information content (AvgIpc) is 3.19. The van der Waals surface area contributed by atoms with Crippen LogP contribution in [0, 0.1) is 0 Å². The Bertz CT molecular complexity index is 944. The molecule has 1 aromatic heterocycles. The van der Waals surface area contributed by atoms with Crippen LogP contribution in [0.2, 0.25) is 0 Å². The van der Waals surface area contributed by atoms with E-state index < -0.39 is 0 Å². The average molecular weight is 407 g/mol. The maximum absolute atomic E-state index is 12.7. The van der Waals surface area contributed by atoms with E-state index in [0.717, 1.165) is 48.1 Å². The Morgan fingerprint density at radius 1 is 1.07 bits per heavy atom. The molecule has 2 heterocycles. The number of hydrogen-bond donors (Lipinski definition) is 0. The predicted octanol–water partition coefficient (Wildman–Crippen LogP) is 3.59. The lowest BCUT2D eigenvalue weighted by Gasteiger charge is -2.35. The number of aromatic nitrogens is 1. The zero-order valence-corrected chi connectivity index (χ0v) is 17.5. The molecular weight excluding hydrogens is 380 g/mol. The summed E-state index contributed by atoms with van der Waals surface area (Å²) < 4.78 is 1.15. The molecule has 0 bridgehead atoms. The molecular formula is C23H26N4OS. The van der Waals surface area contributed by atoms with E-state index in [0.29, 0.717) is 6.54 Å². The van der Waals surface area contributed by atoms with E-state index in [1.54, 1.807) is 11.3 Å². The third kappa shape index (κ3) is 5.02. The van der Waals surface area contributed by atoms with Crippen molar-refractivity contribution >= 4 is 38.7 Å². The van der Waals surface area contributed by atoms with Gasteiger partial charge in [0.1, 0.15) is 0 Å². The number of thiazole rings is 1. The normalized spacial score (nSPS) is 15.3. The fourth-order valence-electron chi connectivity index (χ4n) is 3.48. The molecule has 0 atom stereocenters. The van der Waals surface area contributed by atoms with Crippen molar-refractivity contribution in [2.45, 2.75) is 0 Å². The van der Waals surface area contributed by atoms with Gasteiger partial charge in [0, 0.05) is 39.8 Å². The van der Waals surface area contributed by atoms with E-state index in [-0.39, 0.29) is 5.91 Å². The summed E-state index contributed by atoms with van der Waals surface area (Å²) in [4.78, 5) is 23.7. The van der Waals surface area contributed by atoms with Crippen LogP contribution < -0.4 is 4.90 Å². The van der Waals surface area contributed by atoms with Gasteiger partial charge in [-0.1, -0.05) is 66.0 Å². The van der Waals surface area contributed by atoms with Gasteiger partial charge in [0.05, 0.1) is 16.8 Å². The van der Waals surface area contributed by atoms with Gasteiger partial charge in [-0.3, -0.25) is 9.69 Å². The van der Waals surface area contributed by atoms with Crippen LogP contribution >= 0.6 is 11.3 Å². The lowest BCUT2D eigenvalue weighted by atomic mass is 10.2. The van der Waals surface area contributed by atoms with Crippen molar-refractivity contribution in [1.29, 1.82) is 0 Å². The molecule has 1 aliphatic rings. The monoisotopic (exact) mass is 406 g/mol. The number of nitrogens with zero attached hydrogens (tertiary/aromatic N) is 4. The topological polar surface area (TPSA) is 39.7 Å². The molecule has 1 aliphatic heterocycles. The largest absolute Gasteiger partial charge is 0.342 e. The third-order valence-corrected chi connectivity index (χ3v) is 6.33. The Labute approximate surface area is 175 Å². The van der Waals surface area contributed by atoms with Gasteiger partial charge in [-0.05, 0) is 17.7 Å². The Morgan fingerprint density at radius 3 is 2.55 bits per heavy atom. The van der Waals surface area contributed by atoms with Crippen molar-refractivity contribution < 1.29 is 4.79 Å². The molecule has 0 N–H and O–H groups in total. The summed E-state index contributed by atoms with van der Waals surface area (Å²) in [6.07, 6.45) is 4.36. The highest BCUT2D eigenvalue weighted by molar-refractivity contribution is 7.22. The van der Waals surface area contributed by atoms with Crippen molar-refractivity contribution in [3.05, 3.63) is 66.2 Å². The van der Waals surface area contributed by atoms with Crippen molar-refractivity contribution in [2.75, 3.05) is 51.2 Å². The van der Waals surface area contributed by atoms with E-state index in [4.69, 9.17) is 0 Å². The molecule has 0 radical (unpaired) electrons. The summed E-state index contributed by atoms with van der Waals surface area (Å²) in [5.74, 6) is 0.172. The maximum Gasteiger partial charge on any atom is 0.242 e. The van der Waals surface area contributed by atoms with Crippen LogP contribution in [0.25, 0.3) is 16.3 Å². The Kier molecular flexibility index (Phi) is 6.22.